The minimum Gasteiger partial charge on any atom is -0.393 e. The van der Waals surface area contributed by atoms with E-state index >= 15 is 0 Å². The van der Waals surface area contributed by atoms with Gasteiger partial charge in [0.15, 0.2) is 0 Å². The Morgan fingerprint density at radius 3 is 2.57 bits per heavy atom. The van der Waals surface area contributed by atoms with E-state index in [2.05, 4.69) is 27.5 Å². The molecule has 5 N–H and O–H groups in total. The molecule has 0 aliphatic heterocycles. The normalized spacial score (nSPS) is 30.6. The number of primary amides is 1. The summed E-state index contributed by atoms with van der Waals surface area (Å²) >= 11 is 0. The van der Waals surface area contributed by atoms with E-state index in [-0.39, 0.29) is 17.7 Å². The lowest BCUT2D eigenvalue weighted by atomic mass is 9.85. The van der Waals surface area contributed by atoms with Crippen LogP contribution in [0.15, 0.2) is 6.20 Å². The standard InChI is InChI=1S/C20H33N5O3/c1-3-28-15-8-6-13(7-9-15)24-20-22-11-16(18(21)27)19(25-20)23-14-5-4-12(2)17(26)10-14/h11-15,17,26H,3-10H2,1-2H3,(H2,21,27)(H2,22,23,24,25)/t12-,13-,14-,15-,17-/m1/s1. The van der Waals surface area contributed by atoms with E-state index in [1.54, 1.807) is 0 Å². The molecule has 1 aromatic rings. The Morgan fingerprint density at radius 2 is 1.93 bits per heavy atom. The summed E-state index contributed by atoms with van der Waals surface area (Å²) in [6.45, 7) is 4.84. The molecular weight excluding hydrogens is 358 g/mol. The molecule has 2 saturated carbocycles. The van der Waals surface area contributed by atoms with Gasteiger partial charge in [0, 0.05) is 24.9 Å². The third-order valence-corrected chi connectivity index (χ3v) is 5.96. The van der Waals surface area contributed by atoms with Gasteiger partial charge in [0.25, 0.3) is 5.91 Å². The van der Waals surface area contributed by atoms with E-state index < -0.39 is 5.91 Å². The first-order valence-corrected chi connectivity index (χ1v) is 10.5. The second-order valence-electron chi connectivity index (χ2n) is 8.09. The molecule has 3 atom stereocenters. The van der Waals surface area contributed by atoms with Crippen molar-refractivity contribution in [1.82, 2.24) is 9.97 Å². The Kier molecular flexibility index (Phi) is 7.07. The Balaban J connectivity index is 1.65. The van der Waals surface area contributed by atoms with E-state index in [1.807, 2.05) is 6.92 Å². The molecule has 0 aromatic carbocycles. The van der Waals surface area contributed by atoms with Gasteiger partial charge in [-0.3, -0.25) is 4.79 Å². The third-order valence-electron chi connectivity index (χ3n) is 5.96. The quantitative estimate of drug-likeness (QED) is 0.562. The molecule has 8 nitrogen and oxygen atoms in total. The number of aliphatic hydroxyl groups excluding tert-OH is 1. The van der Waals surface area contributed by atoms with Crippen molar-refractivity contribution < 1.29 is 14.6 Å². The highest BCUT2D eigenvalue weighted by atomic mass is 16.5. The first-order chi connectivity index (χ1) is 13.5. The number of nitrogens with one attached hydrogen (secondary N) is 2. The van der Waals surface area contributed by atoms with Gasteiger partial charge in [0.2, 0.25) is 5.95 Å². The Morgan fingerprint density at radius 1 is 1.21 bits per heavy atom. The fraction of sp³-hybridized carbons (Fsp3) is 0.750. The van der Waals surface area contributed by atoms with Crippen LogP contribution in [0.2, 0.25) is 0 Å². The van der Waals surface area contributed by atoms with Crippen molar-refractivity contribution in [2.24, 2.45) is 11.7 Å². The van der Waals surface area contributed by atoms with Gasteiger partial charge in [0.1, 0.15) is 5.82 Å². The summed E-state index contributed by atoms with van der Waals surface area (Å²) in [5.74, 6) is 0.677. The molecule has 8 heteroatoms. The van der Waals surface area contributed by atoms with Crippen LogP contribution in [0.1, 0.15) is 69.2 Å². The number of ether oxygens (including phenoxy) is 1. The first kappa shape index (κ1) is 20.8. The fourth-order valence-electron chi connectivity index (χ4n) is 4.16. The van der Waals surface area contributed by atoms with Crippen LogP contribution in [0.25, 0.3) is 0 Å². The van der Waals surface area contributed by atoms with Crippen molar-refractivity contribution in [2.75, 3.05) is 17.2 Å². The number of amides is 1. The van der Waals surface area contributed by atoms with Crippen LogP contribution in [-0.2, 0) is 4.74 Å². The second-order valence-corrected chi connectivity index (χ2v) is 8.09. The predicted molar refractivity (Wildman–Crippen MR) is 108 cm³/mol. The van der Waals surface area contributed by atoms with Crippen molar-refractivity contribution in [3.8, 4) is 0 Å². The SMILES string of the molecule is CCO[C@H]1CC[C@H](Nc2ncc(C(N)=O)c(N[C@@H]3CC[C@@H](C)[C@H](O)C3)n2)CC1. The van der Waals surface area contributed by atoms with Gasteiger partial charge < -0.3 is 26.2 Å². The number of nitrogens with zero attached hydrogens (tertiary/aromatic N) is 2. The lowest BCUT2D eigenvalue weighted by Gasteiger charge is -2.32. The van der Waals surface area contributed by atoms with Crippen LogP contribution in [0.4, 0.5) is 11.8 Å². The third kappa shape index (κ3) is 5.32. The number of hydrogen-bond donors (Lipinski definition) is 4. The number of anilines is 2. The summed E-state index contributed by atoms with van der Waals surface area (Å²) in [5.41, 5.74) is 5.78. The molecule has 0 radical (unpaired) electrons. The van der Waals surface area contributed by atoms with Gasteiger partial charge in [-0.15, -0.1) is 0 Å². The highest BCUT2D eigenvalue weighted by Gasteiger charge is 2.28. The molecular formula is C20H33N5O3. The average molecular weight is 392 g/mol. The number of rotatable bonds is 7. The van der Waals surface area contributed by atoms with Crippen molar-refractivity contribution in [2.45, 2.75) is 83.1 Å². The van der Waals surface area contributed by atoms with Crippen molar-refractivity contribution in [3.05, 3.63) is 11.8 Å². The number of carbonyl (C=O) groups excluding carboxylic acids is 1. The Bertz CT molecular complexity index is 663. The van der Waals surface area contributed by atoms with Gasteiger partial charge in [-0.2, -0.15) is 4.98 Å². The fourth-order valence-corrected chi connectivity index (χ4v) is 4.16. The zero-order valence-electron chi connectivity index (χ0n) is 16.9. The topological polar surface area (TPSA) is 122 Å². The van der Waals surface area contributed by atoms with E-state index in [0.717, 1.165) is 45.1 Å². The lowest BCUT2D eigenvalue weighted by Crippen LogP contribution is -2.36. The highest BCUT2D eigenvalue weighted by Crippen LogP contribution is 2.28. The van der Waals surface area contributed by atoms with Crippen LogP contribution in [0, 0.1) is 5.92 Å². The number of nitrogens with two attached hydrogens (primary N) is 1. The van der Waals surface area contributed by atoms with Crippen LogP contribution in [0.5, 0.6) is 0 Å². The first-order valence-electron chi connectivity index (χ1n) is 10.5. The van der Waals surface area contributed by atoms with Gasteiger partial charge >= 0.3 is 0 Å². The molecule has 0 saturated heterocycles. The van der Waals surface area contributed by atoms with E-state index in [0.29, 0.717) is 36.3 Å². The number of aromatic nitrogens is 2. The molecule has 2 aliphatic rings. The van der Waals surface area contributed by atoms with Gasteiger partial charge in [-0.1, -0.05) is 6.92 Å². The smallest absolute Gasteiger partial charge is 0.254 e. The molecule has 0 bridgehead atoms. The zero-order chi connectivity index (χ0) is 20.1. The van der Waals surface area contributed by atoms with Crippen LogP contribution in [0.3, 0.4) is 0 Å². The monoisotopic (exact) mass is 391 g/mol. The molecule has 1 amide bonds. The van der Waals surface area contributed by atoms with Gasteiger partial charge in [0.05, 0.1) is 17.8 Å². The average Bonchev–Trinajstić information content (AvgIpc) is 2.66. The molecule has 3 rings (SSSR count). The molecule has 2 fully saturated rings. The Labute approximate surface area is 166 Å². The number of hydrogen-bond acceptors (Lipinski definition) is 7. The highest BCUT2D eigenvalue weighted by molar-refractivity contribution is 5.97. The number of carbonyl (C=O) groups is 1. The summed E-state index contributed by atoms with van der Waals surface area (Å²) in [5, 5.41) is 16.8. The maximum absolute atomic E-state index is 11.8. The zero-order valence-corrected chi connectivity index (χ0v) is 16.9. The molecule has 1 heterocycles. The lowest BCUT2D eigenvalue weighted by molar-refractivity contribution is 0.0346. The van der Waals surface area contributed by atoms with Crippen LogP contribution in [-0.4, -0.2) is 51.9 Å². The summed E-state index contributed by atoms with van der Waals surface area (Å²) < 4.78 is 5.70. The molecule has 156 valence electrons. The molecule has 0 spiro atoms. The maximum atomic E-state index is 11.8. The van der Waals surface area contributed by atoms with Crippen molar-refractivity contribution in [1.29, 1.82) is 0 Å². The largest absolute Gasteiger partial charge is 0.393 e. The van der Waals surface area contributed by atoms with Crippen molar-refractivity contribution in [3.63, 3.8) is 0 Å². The maximum Gasteiger partial charge on any atom is 0.254 e. The minimum absolute atomic E-state index is 0.0636. The molecule has 0 unspecified atom stereocenters. The minimum atomic E-state index is -0.559. The molecule has 1 aromatic heterocycles. The van der Waals surface area contributed by atoms with E-state index in [4.69, 9.17) is 10.5 Å². The number of aliphatic hydroxyl groups is 1. The summed E-state index contributed by atoms with van der Waals surface area (Å²) in [6.07, 6.45) is 8.02. The van der Waals surface area contributed by atoms with Crippen LogP contribution < -0.4 is 16.4 Å². The van der Waals surface area contributed by atoms with Crippen molar-refractivity contribution >= 4 is 17.7 Å². The molecule has 2 aliphatic carbocycles. The second kappa shape index (κ2) is 9.52. The predicted octanol–water partition coefficient (Wildman–Crippen LogP) is 2.30. The molecule has 28 heavy (non-hydrogen) atoms. The van der Waals surface area contributed by atoms with Crippen LogP contribution >= 0.6 is 0 Å². The summed E-state index contributed by atoms with van der Waals surface area (Å²) in [6, 6.07) is 0.356. The Hall–Kier alpha value is -1.93. The van der Waals surface area contributed by atoms with E-state index in [9.17, 15) is 9.90 Å². The summed E-state index contributed by atoms with van der Waals surface area (Å²) in [7, 11) is 0. The van der Waals surface area contributed by atoms with Gasteiger partial charge in [-0.05, 0) is 57.8 Å². The van der Waals surface area contributed by atoms with E-state index in [1.165, 1.54) is 6.20 Å². The van der Waals surface area contributed by atoms with Gasteiger partial charge in [-0.25, -0.2) is 4.98 Å². The summed E-state index contributed by atoms with van der Waals surface area (Å²) in [4.78, 5) is 20.6.